The van der Waals surface area contributed by atoms with Crippen LogP contribution < -0.4 is 10.6 Å². The Morgan fingerprint density at radius 1 is 1.42 bits per heavy atom. The van der Waals surface area contributed by atoms with Gasteiger partial charge in [-0.25, -0.2) is 0 Å². The topological polar surface area (TPSA) is 41.1 Å². The van der Waals surface area contributed by atoms with Gasteiger partial charge in [0, 0.05) is 19.5 Å². The van der Waals surface area contributed by atoms with Crippen LogP contribution in [0.2, 0.25) is 0 Å². The maximum absolute atomic E-state index is 12.2. The highest BCUT2D eigenvalue weighted by Crippen LogP contribution is 2.22. The van der Waals surface area contributed by atoms with Gasteiger partial charge in [0.15, 0.2) is 0 Å². The molecule has 0 spiro atoms. The fourth-order valence-electron chi connectivity index (χ4n) is 2.40. The van der Waals surface area contributed by atoms with Crippen molar-refractivity contribution in [2.24, 2.45) is 0 Å². The zero-order chi connectivity index (χ0) is 13.5. The minimum atomic E-state index is -0.211. The average Bonchev–Trinajstić information content (AvgIpc) is 2.46. The first-order valence-electron chi connectivity index (χ1n) is 6.85. The summed E-state index contributed by atoms with van der Waals surface area (Å²) in [6.07, 6.45) is 8.86. The number of hydrogen-bond acceptors (Lipinski definition) is 2. The van der Waals surface area contributed by atoms with Gasteiger partial charge in [-0.1, -0.05) is 24.3 Å². The molecule has 0 aliphatic carbocycles. The molecule has 1 atom stereocenters. The quantitative estimate of drug-likeness (QED) is 0.623. The summed E-state index contributed by atoms with van der Waals surface area (Å²) < 4.78 is 0. The van der Waals surface area contributed by atoms with Gasteiger partial charge in [0.2, 0.25) is 5.91 Å². The van der Waals surface area contributed by atoms with E-state index in [1.807, 2.05) is 18.2 Å². The number of fused-ring (bicyclic) bond motifs is 1. The van der Waals surface area contributed by atoms with Gasteiger partial charge in [0.25, 0.3) is 0 Å². The van der Waals surface area contributed by atoms with Crippen molar-refractivity contribution < 1.29 is 4.79 Å². The molecule has 1 heterocycles. The molecule has 1 aliphatic heterocycles. The number of nitrogens with one attached hydrogen (secondary N) is 2. The van der Waals surface area contributed by atoms with E-state index in [9.17, 15) is 4.79 Å². The molecule has 0 saturated carbocycles. The van der Waals surface area contributed by atoms with Crippen LogP contribution >= 0.6 is 0 Å². The molecule has 100 valence electrons. The second kappa shape index (κ2) is 6.96. The molecule has 0 fully saturated rings. The summed E-state index contributed by atoms with van der Waals surface area (Å²) in [4.78, 5) is 12.2. The summed E-state index contributed by atoms with van der Waals surface area (Å²) >= 11 is 0. The molecule has 0 radical (unpaired) electrons. The molecule has 3 heteroatoms. The molecule has 2 N–H and O–H groups in total. The lowest BCUT2D eigenvalue weighted by molar-refractivity contribution is -0.123. The minimum absolute atomic E-state index is 0.0628. The highest BCUT2D eigenvalue weighted by molar-refractivity contribution is 5.83. The van der Waals surface area contributed by atoms with Gasteiger partial charge >= 0.3 is 0 Å². The molecule has 1 unspecified atom stereocenters. The highest BCUT2D eigenvalue weighted by atomic mass is 16.2. The van der Waals surface area contributed by atoms with E-state index in [0.29, 0.717) is 6.54 Å². The zero-order valence-corrected chi connectivity index (χ0v) is 11.1. The van der Waals surface area contributed by atoms with Gasteiger partial charge in [0.05, 0.1) is 0 Å². The Hall–Kier alpha value is -1.79. The molecular formula is C16H20N2O. The van der Waals surface area contributed by atoms with Crippen molar-refractivity contribution in [1.29, 1.82) is 0 Å². The Labute approximate surface area is 114 Å². The van der Waals surface area contributed by atoms with Gasteiger partial charge < -0.3 is 10.6 Å². The molecular weight excluding hydrogens is 236 g/mol. The van der Waals surface area contributed by atoms with Crippen LogP contribution in [0.25, 0.3) is 0 Å². The number of benzene rings is 1. The Balaban J connectivity index is 1.89. The predicted octanol–water partition coefficient (Wildman–Crippen LogP) is 1.79. The summed E-state index contributed by atoms with van der Waals surface area (Å²) in [5, 5.41) is 6.26. The first-order chi connectivity index (χ1) is 9.33. The van der Waals surface area contributed by atoms with Crippen molar-refractivity contribution in [2.75, 3.05) is 13.1 Å². The molecule has 0 saturated heterocycles. The summed E-state index contributed by atoms with van der Waals surface area (Å²) in [6, 6.07) is 7.93. The van der Waals surface area contributed by atoms with Crippen molar-refractivity contribution in [3.63, 3.8) is 0 Å². The number of terminal acetylenes is 1. The molecule has 0 aromatic heterocycles. The van der Waals surface area contributed by atoms with Crippen molar-refractivity contribution in [1.82, 2.24) is 10.6 Å². The third-order valence-corrected chi connectivity index (χ3v) is 3.42. The smallest absolute Gasteiger partial charge is 0.241 e. The van der Waals surface area contributed by atoms with Crippen LogP contribution in [-0.2, 0) is 11.2 Å². The normalized spacial score (nSPS) is 17.3. The van der Waals surface area contributed by atoms with Gasteiger partial charge in [-0.15, -0.1) is 12.3 Å². The van der Waals surface area contributed by atoms with E-state index in [1.165, 1.54) is 5.56 Å². The van der Waals surface area contributed by atoms with Gasteiger partial charge in [-0.2, -0.15) is 0 Å². The molecule has 1 aliphatic rings. The van der Waals surface area contributed by atoms with Crippen LogP contribution in [0.15, 0.2) is 24.3 Å². The highest BCUT2D eigenvalue weighted by Gasteiger charge is 2.24. The van der Waals surface area contributed by atoms with Crippen LogP contribution in [0.5, 0.6) is 0 Å². The minimum Gasteiger partial charge on any atom is -0.354 e. The van der Waals surface area contributed by atoms with Crippen LogP contribution in [0.4, 0.5) is 0 Å². The Bertz CT molecular complexity index is 476. The Morgan fingerprint density at radius 2 is 2.26 bits per heavy atom. The molecule has 3 nitrogen and oxygen atoms in total. The summed E-state index contributed by atoms with van der Waals surface area (Å²) in [7, 11) is 0. The molecule has 1 aromatic rings. The van der Waals surface area contributed by atoms with Crippen LogP contribution in [-0.4, -0.2) is 19.0 Å². The van der Waals surface area contributed by atoms with Crippen molar-refractivity contribution in [2.45, 2.75) is 31.7 Å². The lowest BCUT2D eigenvalue weighted by Crippen LogP contribution is -2.41. The zero-order valence-electron chi connectivity index (χ0n) is 11.1. The third kappa shape index (κ3) is 3.59. The second-order valence-corrected chi connectivity index (χ2v) is 4.79. The number of amides is 1. The van der Waals surface area contributed by atoms with Crippen molar-refractivity contribution in [3.8, 4) is 12.3 Å². The molecule has 0 bridgehead atoms. The van der Waals surface area contributed by atoms with Crippen LogP contribution in [0.1, 0.15) is 36.4 Å². The molecule has 2 rings (SSSR count). The number of rotatable bonds is 5. The Kier molecular flexibility index (Phi) is 5.00. The number of carbonyl (C=O) groups is 1. The standard InChI is InChI=1S/C16H20N2O/c1-2-3-4-7-11-18-16(19)15-14-9-6-5-8-13(14)10-12-17-15/h1,5-6,8-9,15,17H,3-4,7,10-12H2,(H,18,19). The molecule has 1 aromatic carbocycles. The fourth-order valence-corrected chi connectivity index (χ4v) is 2.40. The molecule has 19 heavy (non-hydrogen) atoms. The van der Waals surface area contributed by atoms with Crippen molar-refractivity contribution in [3.05, 3.63) is 35.4 Å². The van der Waals surface area contributed by atoms with E-state index >= 15 is 0 Å². The third-order valence-electron chi connectivity index (χ3n) is 3.42. The van der Waals surface area contributed by atoms with E-state index in [1.54, 1.807) is 0 Å². The summed E-state index contributed by atoms with van der Waals surface area (Å²) in [5.74, 6) is 2.67. The van der Waals surface area contributed by atoms with E-state index in [0.717, 1.165) is 37.8 Å². The number of carbonyl (C=O) groups excluding carboxylic acids is 1. The Morgan fingerprint density at radius 3 is 3.11 bits per heavy atom. The summed E-state index contributed by atoms with van der Waals surface area (Å²) in [5.41, 5.74) is 2.38. The van der Waals surface area contributed by atoms with Crippen molar-refractivity contribution >= 4 is 5.91 Å². The summed E-state index contributed by atoms with van der Waals surface area (Å²) in [6.45, 7) is 1.55. The first kappa shape index (κ1) is 13.6. The monoisotopic (exact) mass is 256 g/mol. The fraction of sp³-hybridized carbons (Fsp3) is 0.438. The number of unbranched alkanes of at least 4 members (excludes halogenated alkanes) is 2. The predicted molar refractivity (Wildman–Crippen MR) is 76.6 cm³/mol. The second-order valence-electron chi connectivity index (χ2n) is 4.79. The lowest BCUT2D eigenvalue weighted by atomic mass is 9.94. The van der Waals surface area contributed by atoms with E-state index in [4.69, 9.17) is 6.42 Å². The van der Waals surface area contributed by atoms with E-state index in [2.05, 4.69) is 22.6 Å². The lowest BCUT2D eigenvalue weighted by Gasteiger charge is -2.26. The van der Waals surface area contributed by atoms with Crippen LogP contribution in [0.3, 0.4) is 0 Å². The molecule has 1 amide bonds. The SMILES string of the molecule is C#CCCCCNC(=O)C1NCCc2ccccc21. The largest absolute Gasteiger partial charge is 0.354 e. The van der Waals surface area contributed by atoms with Gasteiger partial charge in [0.1, 0.15) is 6.04 Å². The number of hydrogen-bond donors (Lipinski definition) is 2. The van der Waals surface area contributed by atoms with Gasteiger partial charge in [-0.3, -0.25) is 4.79 Å². The first-order valence-corrected chi connectivity index (χ1v) is 6.85. The maximum Gasteiger partial charge on any atom is 0.241 e. The van der Waals surface area contributed by atoms with Gasteiger partial charge in [-0.05, 0) is 30.4 Å². The van der Waals surface area contributed by atoms with E-state index in [-0.39, 0.29) is 11.9 Å². The van der Waals surface area contributed by atoms with Crippen LogP contribution in [0, 0.1) is 12.3 Å². The average molecular weight is 256 g/mol. The maximum atomic E-state index is 12.2. The van der Waals surface area contributed by atoms with E-state index < -0.39 is 0 Å².